The smallest absolute Gasteiger partial charge is 0.175 e. The first-order valence-electron chi connectivity index (χ1n) is 6.38. The minimum absolute atomic E-state index is 0.0167. The van der Waals surface area contributed by atoms with E-state index in [2.05, 4.69) is 0 Å². The van der Waals surface area contributed by atoms with Gasteiger partial charge in [-0.05, 0) is 36.2 Å². The van der Waals surface area contributed by atoms with Crippen LogP contribution in [-0.4, -0.2) is 26.4 Å². The second-order valence-electron chi connectivity index (χ2n) is 4.66. The second-order valence-corrected chi connectivity index (χ2v) is 6.67. The van der Waals surface area contributed by atoms with Crippen LogP contribution in [0.2, 0.25) is 0 Å². The van der Waals surface area contributed by atoms with Crippen LogP contribution in [0.25, 0.3) is 0 Å². The lowest BCUT2D eigenvalue weighted by molar-refractivity contribution is 0.298. The lowest BCUT2D eigenvalue weighted by atomic mass is 10.1. The third-order valence-corrected chi connectivity index (χ3v) is 4.09. The van der Waals surface area contributed by atoms with E-state index < -0.39 is 9.84 Å². The van der Waals surface area contributed by atoms with Crippen molar-refractivity contribution in [3.8, 4) is 11.5 Å². The van der Waals surface area contributed by atoms with E-state index in [1.165, 1.54) is 18.2 Å². The van der Waals surface area contributed by atoms with Crippen LogP contribution in [0, 0.1) is 0 Å². The fourth-order valence-corrected chi connectivity index (χ4v) is 2.56. The normalized spacial score (nSPS) is 11.3. The fourth-order valence-electron chi connectivity index (χ4n) is 1.90. The number of aliphatic hydroxyl groups is 1. The number of sulfone groups is 1. The molecule has 0 atom stereocenters. The summed E-state index contributed by atoms with van der Waals surface area (Å²) in [5, 5.41) is 9.04. The van der Waals surface area contributed by atoms with E-state index in [9.17, 15) is 8.42 Å². The molecule has 5 nitrogen and oxygen atoms in total. The highest BCUT2D eigenvalue weighted by Crippen LogP contribution is 2.31. The predicted octanol–water partition coefficient (Wildman–Crippen LogP) is 2.00. The van der Waals surface area contributed by atoms with Gasteiger partial charge in [0.2, 0.25) is 0 Å². The second kappa shape index (κ2) is 6.15. The van der Waals surface area contributed by atoms with Gasteiger partial charge in [-0.1, -0.05) is 18.2 Å². The van der Waals surface area contributed by atoms with Crippen molar-refractivity contribution in [1.82, 2.24) is 0 Å². The van der Waals surface area contributed by atoms with Crippen LogP contribution in [0.3, 0.4) is 0 Å². The van der Waals surface area contributed by atoms with Crippen LogP contribution in [0.15, 0.2) is 47.4 Å². The molecule has 0 radical (unpaired) electrons. The number of nitrogens with two attached hydrogens (primary N) is 1. The van der Waals surface area contributed by atoms with Gasteiger partial charge in [-0.3, -0.25) is 0 Å². The zero-order chi connectivity index (χ0) is 15.5. The number of ether oxygens (including phenoxy) is 1. The molecule has 0 aliphatic heterocycles. The van der Waals surface area contributed by atoms with E-state index >= 15 is 0 Å². The molecule has 0 heterocycles. The molecular weight excluding hydrogens is 290 g/mol. The van der Waals surface area contributed by atoms with Crippen LogP contribution in [-0.2, 0) is 16.3 Å². The first-order valence-corrected chi connectivity index (χ1v) is 8.27. The number of aliphatic hydroxyl groups excluding tert-OH is 1. The van der Waals surface area contributed by atoms with Gasteiger partial charge in [-0.15, -0.1) is 0 Å². The van der Waals surface area contributed by atoms with Crippen molar-refractivity contribution in [2.24, 2.45) is 0 Å². The lowest BCUT2D eigenvalue weighted by Crippen LogP contribution is -2.01. The maximum atomic E-state index is 11.5. The van der Waals surface area contributed by atoms with E-state index in [1.54, 1.807) is 6.07 Å². The van der Waals surface area contributed by atoms with Crippen molar-refractivity contribution in [2.75, 3.05) is 18.6 Å². The third-order valence-electron chi connectivity index (χ3n) is 2.98. The van der Waals surface area contributed by atoms with Crippen LogP contribution in [0.1, 0.15) is 5.56 Å². The van der Waals surface area contributed by atoms with Gasteiger partial charge in [-0.25, -0.2) is 8.42 Å². The Hall–Kier alpha value is -2.05. The molecule has 0 amide bonds. The summed E-state index contributed by atoms with van der Waals surface area (Å²) in [6.45, 7) is 0.0167. The molecule has 0 aromatic heterocycles. The molecular formula is C15H17NO4S. The summed E-state index contributed by atoms with van der Waals surface area (Å²) >= 11 is 0. The molecule has 0 unspecified atom stereocenters. The van der Waals surface area contributed by atoms with Crippen molar-refractivity contribution in [3.05, 3.63) is 48.0 Å². The Balaban J connectivity index is 2.33. The molecule has 112 valence electrons. The average Bonchev–Trinajstić information content (AvgIpc) is 2.42. The Morgan fingerprint density at radius 2 is 1.86 bits per heavy atom. The minimum Gasteiger partial charge on any atom is -0.455 e. The summed E-state index contributed by atoms with van der Waals surface area (Å²) in [6.07, 6.45) is 1.59. The SMILES string of the molecule is CS(=O)(=O)c1ccc(Oc2ccccc2CCO)c(N)c1. The fraction of sp³-hybridized carbons (Fsp3) is 0.200. The molecule has 21 heavy (non-hydrogen) atoms. The van der Waals surface area contributed by atoms with Crippen molar-refractivity contribution >= 4 is 15.5 Å². The Morgan fingerprint density at radius 1 is 1.14 bits per heavy atom. The van der Waals surface area contributed by atoms with Crippen molar-refractivity contribution < 1.29 is 18.3 Å². The van der Waals surface area contributed by atoms with E-state index in [0.29, 0.717) is 17.9 Å². The standard InChI is InChI=1S/C15H17NO4S/c1-21(18,19)12-6-7-15(13(16)10-12)20-14-5-3-2-4-11(14)8-9-17/h2-7,10,17H,8-9,16H2,1H3. The zero-order valence-corrected chi connectivity index (χ0v) is 12.4. The largest absolute Gasteiger partial charge is 0.455 e. The van der Waals surface area contributed by atoms with E-state index in [0.717, 1.165) is 11.8 Å². The van der Waals surface area contributed by atoms with E-state index in [4.69, 9.17) is 15.6 Å². The quantitative estimate of drug-likeness (QED) is 0.825. The zero-order valence-electron chi connectivity index (χ0n) is 11.6. The Morgan fingerprint density at radius 3 is 2.48 bits per heavy atom. The van der Waals surface area contributed by atoms with Gasteiger partial charge >= 0.3 is 0 Å². The summed E-state index contributed by atoms with van der Waals surface area (Å²) in [6, 6.07) is 11.7. The predicted molar refractivity (Wildman–Crippen MR) is 81.3 cm³/mol. The van der Waals surface area contributed by atoms with Gasteiger partial charge in [0.1, 0.15) is 11.5 Å². The van der Waals surface area contributed by atoms with Gasteiger partial charge < -0.3 is 15.6 Å². The molecule has 0 aliphatic carbocycles. The maximum Gasteiger partial charge on any atom is 0.175 e. The molecule has 6 heteroatoms. The number of nitrogen functional groups attached to an aromatic ring is 1. The highest BCUT2D eigenvalue weighted by molar-refractivity contribution is 7.90. The first-order chi connectivity index (χ1) is 9.91. The van der Waals surface area contributed by atoms with Crippen LogP contribution in [0.4, 0.5) is 5.69 Å². The maximum absolute atomic E-state index is 11.5. The van der Waals surface area contributed by atoms with Crippen LogP contribution in [0.5, 0.6) is 11.5 Å². The molecule has 0 bridgehead atoms. The van der Waals surface area contributed by atoms with E-state index in [-0.39, 0.29) is 17.2 Å². The summed E-state index contributed by atoms with van der Waals surface area (Å²) < 4.78 is 28.7. The van der Waals surface area contributed by atoms with Crippen molar-refractivity contribution in [1.29, 1.82) is 0 Å². The van der Waals surface area contributed by atoms with Crippen LogP contribution < -0.4 is 10.5 Å². The first kappa shape index (κ1) is 15.3. The van der Waals surface area contributed by atoms with Gasteiger partial charge in [0.25, 0.3) is 0 Å². The number of benzene rings is 2. The summed E-state index contributed by atoms with van der Waals surface area (Å²) in [7, 11) is -3.30. The number of anilines is 1. The van der Waals surface area contributed by atoms with Gasteiger partial charge in [0.05, 0.1) is 10.6 Å². The molecule has 2 aromatic rings. The molecule has 0 fully saturated rings. The summed E-state index contributed by atoms with van der Waals surface area (Å²) in [5.41, 5.74) is 6.95. The third kappa shape index (κ3) is 3.74. The number of hydrogen-bond acceptors (Lipinski definition) is 5. The highest BCUT2D eigenvalue weighted by Gasteiger charge is 2.11. The van der Waals surface area contributed by atoms with E-state index in [1.807, 2.05) is 18.2 Å². The number of hydrogen-bond donors (Lipinski definition) is 2. The molecule has 3 N–H and O–H groups in total. The Kier molecular flexibility index (Phi) is 4.50. The average molecular weight is 307 g/mol. The molecule has 2 aromatic carbocycles. The monoisotopic (exact) mass is 307 g/mol. The van der Waals surface area contributed by atoms with Crippen molar-refractivity contribution in [2.45, 2.75) is 11.3 Å². The summed E-state index contributed by atoms with van der Waals surface area (Å²) in [5.74, 6) is 0.971. The molecule has 0 saturated heterocycles. The Bertz CT molecular complexity index is 741. The topological polar surface area (TPSA) is 89.6 Å². The molecule has 0 aliphatic rings. The number of para-hydroxylation sites is 1. The van der Waals surface area contributed by atoms with Gasteiger partial charge in [0.15, 0.2) is 9.84 Å². The van der Waals surface area contributed by atoms with Crippen molar-refractivity contribution in [3.63, 3.8) is 0 Å². The summed E-state index contributed by atoms with van der Waals surface area (Å²) in [4.78, 5) is 0.149. The Labute approximate surface area is 123 Å². The highest BCUT2D eigenvalue weighted by atomic mass is 32.2. The van der Waals surface area contributed by atoms with Gasteiger partial charge in [0, 0.05) is 12.9 Å². The van der Waals surface area contributed by atoms with Gasteiger partial charge in [-0.2, -0.15) is 0 Å². The molecule has 0 saturated carbocycles. The minimum atomic E-state index is -3.30. The lowest BCUT2D eigenvalue weighted by Gasteiger charge is -2.12. The number of rotatable bonds is 5. The van der Waals surface area contributed by atoms with Crippen LogP contribution >= 0.6 is 0 Å². The molecule has 2 rings (SSSR count). The molecule has 0 spiro atoms.